The lowest BCUT2D eigenvalue weighted by Gasteiger charge is -2.04. The van der Waals surface area contributed by atoms with Crippen molar-refractivity contribution in [3.63, 3.8) is 0 Å². The summed E-state index contributed by atoms with van der Waals surface area (Å²) < 4.78 is 1.63. The number of carbonyl (C=O) groups excluding carboxylic acids is 1. The number of pyridine rings is 1. The summed E-state index contributed by atoms with van der Waals surface area (Å²) in [7, 11) is 0. The third-order valence-corrected chi connectivity index (χ3v) is 2.29. The minimum atomic E-state index is -0.257. The molecule has 0 saturated heterocycles. The van der Waals surface area contributed by atoms with E-state index in [-0.39, 0.29) is 5.91 Å². The van der Waals surface area contributed by atoms with E-state index >= 15 is 0 Å². The SMILES string of the molecule is O=C(NCCn1ccnn1)c1cc(Cl)ccn1. The molecule has 2 rings (SSSR count). The van der Waals surface area contributed by atoms with Crippen LogP contribution in [-0.2, 0) is 6.54 Å². The number of amides is 1. The molecule has 0 spiro atoms. The molecule has 1 N–H and O–H groups in total. The van der Waals surface area contributed by atoms with Gasteiger partial charge in [0.1, 0.15) is 5.69 Å². The lowest BCUT2D eigenvalue weighted by atomic mass is 10.3. The van der Waals surface area contributed by atoms with E-state index in [4.69, 9.17) is 11.6 Å². The summed E-state index contributed by atoms with van der Waals surface area (Å²) in [6.07, 6.45) is 4.80. The lowest BCUT2D eigenvalue weighted by molar-refractivity contribution is 0.0947. The first-order valence-corrected chi connectivity index (χ1v) is 5.37. The maximum Gasteiger partial charge on any atom is 0.269 e. The number of hydrogen-bond acceptors (Lipinski definition) is 4. The maximum atomic E-state index is 11.6. The minimum Gasteiger partial charge on any atom is -0.349 e. The van der Waals surface area contributed by atoms with Crippen molar-refractivity contribution in [2.75, 3.05) is 6.54 Å². The smallest absolute Gasteiger partial charge is 0.269 e. The summed E-state index contributed by atoms with van der Waals surface area (Å²) in [6.45, 7) is 1.02. The zero-order valence-corrected chi connectivity index (χ0v) is 9.63. The molecule has 0 unspecified atom stereocenters. The molecular weight excluding hydrogens is 242 g/mol. The van der Waals surface area contributed by atoms with Crippen molar-refractivity contribution in [3.8, 4) is 0 Å². The molecule has 0 bridgehead atoms. The van der Waals surface area contributed by atoms with Crippen molar-refractivity contribution in [1.82, 2.24) is 25.3 Å². The number of rotatable bonds is 4. The van der Waals surface area contributed by atoms with Crippen LogP contribution in [0.5, 0.6) is 0 Å². The fraction of sp³-hybridized carbons (Fsp3) is 0.200. The van der Waals surface area contributed by atoms with Crippen LogP contribution in [0.1, 0.15) is 10.5 Å². The molecule has 88 valence electrons. The number of nitrogens with one attached hydrogen (secondary N) is 1. The molecule has 1 amide bonds. The molecule has 0 aliphatic rings. The summed E-state index contributed by atoms with van der Waals surface area (Å²) in [5.41, 5.74) is 0.302. The van der Waals surface area contributed by atoms with Gasteiger partial charge in [-0.3, -0.25) is 14.5 Å². The molecule has 7 heteroatoms. The molecule has 0 radical (unpaired) electrons. The Morgan fingerprint density at radius 1 is 1.47 bits per heavy atom. The second kappa shape index (κ2) is 5.40. The number of hydrogen-bond donors (Lipinski definition) is 1. The van der Waals surface area contributed by atoms with Gasteiger partial charge >= 0.3 is 0 Å². The molecular formula is C10H10ClN5O. The van der Waals surface area contributed by atoms with E-state index in [2.05, 4.69) is 20.6 Å². The van der Waals surface area contributed by atoms with Crippen LogP contribution in [0, 0.1) is 0 Å². The molecule has 0 aliphatic carbocycles. The van der Waals surface area contributed by atoms with Crippen LogP contribution < -0.4 is 5.32 Å². The second-order valence-electron chi connectivity index (χ2n) is 3.28. The molecule has 0 aromatic carbocycles. The summed E-state index contributed by atoms with van der Waals surface area (Å²) in [6, 6.07) is 3.14. The van der Waals surface area contributed by atoms with E-state index in [0.29, 0.717) is 23.8 Å². The highest BCUT2D eigenvalue weighted by atomic mass is 35.5. The fourth-order valence-corrected chi connectivity index (χ4v) is 1.42. The Balaban J connectivity index is 1.85. The second-order valence-corrected chi connectivity index (χ2v) is 3.72. The lowest BCUT2D eigenvalue weighted by Crippen LogP contribution is -2.28. The summed E-state index contributed by atoms with van der Waals surface area (Å²) in [5, 5.41) is 10.6. The molecule has 6 nitrogen and oxygen atoms in total. The van der Waals surface area contributed by atoms with Crippen LogP contribution in [0.15, 0.2) is 30.7 Å². The Kier molecular flexibility index (Phi) is 3.66. The minimum absolute atomic E-state index is 0.257. The highest BCUT2D eigenvalue weighted by molar-refractivity contribution is 6.30. The van der Waals surface area contributed by atoms with Crippen LogP contribution in [0.4, 0.5) is 0 Å². The Morgan fingerprint density at radius 2 is 2.35 bits per heavy atom. The third-order valence-electron chi connectivity index (χ3n) is 2.05. The summed E-state index contributed by atoms with van der Waals surface area (Å²) in [4.78, 5) is 15.6. The number of halogens is 1. The molecule has 0 aliphatic heterocycles. The van der Waals surface area contributed by atoms with Gasteiger partial charge in [-0.25, -0.2) is 0 Å². The van der Waals surface area contributed by atoms with Gasteiger partial charge in [0.25, 0.3) is 5.91 Å². The average molecular weight is 252 g/mol. The van der Waals surface area contributed by atoms with Gasteiger partial charge in [-0.05, 0) is 12.1 Å². The van der Waals surface area contributed by atoms with Gasteiger partial charge in [-0.15, -0.1) is 5.10 Å². The van der Waals surface area contributed by atoms with E-state index in [0.717, 1.165) is 0 Å². The van der Waals surface area contributed by atoms with Gasteiger partial charge in [0.05, 0.1) is 12.7 Å². The Labute approximate surface area is 103 Å². The van der Waals surface area contributed by atoms with E-state index in [1.807, 2.05) is 0 Å². The molecule has 0 atom stereocenters. The molecule has 2 heterocycles. The van der Waals surface area contributed by atoms with Crippen molar-refractivity contribution in [1.29, 1.82) is 0 Å². The van der Waals surface area contributed by atoms with Gasteiger partial charge in [-0.2, -0.15) is 0 Å². The van der Waals surface area contributed by atoms with Crippen LogP contribution in [0.3, 0.4) is 0 Å². The molecule has 0 saturated carbocycles. The van der Waals surface area contributed by atoms with Crippen LogP contribution in [0.25, 0.3) is 0 Å². The molecule has 2 aromatic rings. The van der Waals surface area contributed by atoms with Gasteiger partial charge in [0, 0.05) is 24.0 Å². The van der Waals surface area contributed by atoms with Crippen molar-refractivity contribution >= 4 is 17.5 Å². The Morgan fingerprint density at radius 3 is 3.06 bits per heavy atom. The third kappa shape index (κ3) is 3.25. The normalized spacial score (nSPS) is 10.2. The zero-order valence-electron chi connectivity index (χ0n) is 8.88. The first-order chi connectivity index (χ1) is 8.25. The predicted octanol–water partition coefficient (Wildman–Crippen LogP) is 0.756. The van der Waals surface area contributed by atoms with Crippen molar-refractivity contribution < 1.29 is 4.79 Å². The van der Waals surface area contributed by atoms with Gasteiger partial charge in [0.2, 0.25) is 0 Å². The van der Waals surface area contributed by atoms with Gasteiger partial charge < -0.3 is 5.32 Å². The van der Waals surface area contributed by atoms with Crippen molar-refractivity contribution in [2.24, 2.45) is 0 Å². The molecule has 17 heavy (non-hydrogen) atoms. The summed E-state index contributed by atoms with van der Waals surface area (Å²) in [5.74, 6) is -0.257. The highest BCUT2D eigenvalue weighted by Crippen LogP contribution is 2.07. The van der Waals surface area contributed by atoms with E-state index in [9.17, 15) is 4.79 Å². The van der Waals surface area contributed by atoms with E-state index < -0.39 is 0 Å². The van der Waals surface area contributed by atoms with Gasteiger partial charge in [-0.1, -0.05) is 16.8 Å². The number of nitrogens with zero attached hydrogens (tertiary/aromatic N) is 4. The van der Waals surface area contributed by atoms with Crippen molar-refractivity contribution in [2.45, 2.75) is 6.54 Å². The summed E-state index contributed by atoms with van der Waals surface area (Å²) >= 11 is 5.76. The predicted molar refractivity (Wildman–Crippen MR) is 61.6 cm³/mol. The number of carbonyl (C=O) groups is 1. The van der Waals surface area contributed by atoms with Crippen LogP contribution in [-0.4, -0.2) is 32.4 Å². The van der Waals surface area contributed by atoms with Crippen LogP contribution in [0.2, 0.25) is 5.02 Å². The van der Waals surface area contributed by atoms with E-state index in [1.54, 1.807) is 23.1 Å². The fourth-order valence-electron chi connectivity index (χ4n) is 1.26. The monoisotopic (exact) mass is 251 g/mol. The standard InChI is InChI=1S/C10H10ClN5O/c11-8-1-2-12-9(7-8)10(17)13-3-5-16-6-4-14-15-16/h1-2,4,6-7H,3,5H2,(H,13,17). The largest absolute Gasteiger partial charge is 0.349 e. The first-order valence-electron chi connectivity index (χ1n) is 4.99. The number of aromatic nitrogens is 4. The molecule has 2 aromatic heterocycles. The van der Waals surface area contributed by atoms with Gasteiger partial charge in [0.15, 0.2) is 0 Å². The topological polar surface area (TPSA) is 72.7 Å². The molecule has 0 fully saturated rings. The first kappa shape index (κ1) is 11.5. The highest BCUT2D eigenvalue weighted by Gasteiger charge is 2.06. The Bertz CT molecular complexity index is 499. The van der Waals surface area contributed by atoms with Crippen LogP contribution >= 0.6 is 11.6 Å². The van der Waals surface area contributed by atoms with Crippen molar-refractivity contribution in [3.05, 3.63) is 41.4 Å². The quantitative estimate of drug-likeness (QED) is 0.871. The van der Waals surface area contributed by atoms with E-state index in [1.165, 1.54) is 12.3 Å². The zero-order chi connectivity index (χ0) is 12.1. The average Bonchev–Trinajstić information content (AvgIpc) is 2.82. The maximum absolute atomic E-state index is 11.6. The Hall–Kier alpha value is -1.95.